The summed E-state index contributed by atoms with van der Waals surface area (Å²) < 4.78 is 40.5. The molecule has 204 valence electrons. The first kappa shape index (κ1) is 30.5. The number of carbonyl (C=O) groups excluding carboxylic acids is 1. The van der Waals surface area contributed by atoms with Crippen LogP contribution in [0.2, 0.25) is 0 Å². The number of rotatable bonds is 14. The molecule has 0 aliphatic carbocycles. The van der Waals surface area contributed by atoms with Gasteiger partial charge in [-0.05, 0) is 35.1 Å². The topological polar surface area (TPSA) is 128 Å². The standard InChI is InChI=1S/C26H35NO8S2/c1-26(2,3)18-35-37(31,32)15-14-22(27-25(30)34-16-19-8-6-5-7-9-19)23(24(28)29)36-17-20-10-12-21(33-4)13-11-20/h5-13,22-23H,14-18H2,1-4H3,(H,27,30)(H,28,29)/t22-,23+/m1/s1. The van der Waals surface area contributed by atoms with Crippen LogP contribution >= 0.6 is 11.8 Å². The molecule has 0 radical (unpaired) electrons. The second kappa shape index (κ2) is 14.3. The number of amides is 1. The Morgan fingerprint density at radius 3 is 2.24 bits per heavy atom. The van der Waals surface area contributed by atoms with Crippen LogP contribution in [0.1, 0.15) is 38.3 Å². The predicted molar refractivity (Wildman–Crippen MR) is 143 cm³/mol. The van der Waals surface area contributed by atoms with Crippen LogP contribution in [0.15, 0.2) is 54.6 Å². The zero-order chi connectivity index (χ0) is 27.5. The van der Waals surface area contributed by atoms with Gasteiger partial charge < -0.3 is 19.9 Å². The van der Waals surface area contributed by atoms with E-state index in [2.05, 4.69) is 5.32 Å². The molecule has 0 aromatic heterocycles. The fourth-order valence-corrected chi connectivity index (χ4v) is 5.42. The highest BCUT2D eigenvalue weighted by Gasteiger charge is 2.32. The third-order valence-electron chi connectivity index (χ3n) is 5.06. The minimum atomic E-state index is -3.94. The lowest BCUT2D eigenvalue weighted by Crippen LogP contribution is -2.46. The summed E-state index contributed by atoms with van der Waals surface area (Å²) in [6, 6.07) is 15.1. The van der Waals surface area contributed by atoms with Crippen molar-refractivity contribution in [1.82, 2.24) is 5.32 Å². The molecule has 2 atom stereocenters. The number of carbonyl (C=O) groups is 2. The fraction of sp³-hybridized carbons (Fsp3) is 0.462. The van der Waals surface area contributed by atoms with Gasteiger partial charge in [-0.15, -0.1) is 11.8 Å². The van der Waals surface area contributed by atoms with E-state index < -0.39 is 39.2 Å². The first-order chi connectivity index (χ1) is 17.4. The van der Waals surface area contributed by atoms with Gasteiger partial charge in [0.1, 0.15) is 17.6 Å². The maximum atomic E-state index is 12.6. The molecule has 0 saturated heterocycles. The SMILES string of the molecule is COc1ccc(CS[C@H](C(=O)O)[C@@H](CCS(=O)(=O)OCC(C)(C)C)NC(=O)OCc2ccccc2)cc1. The number of ether oxygens (including phenoxy) is 2. The smallest absolute Gasteiger partial charge is 0.407 e. The number of hydrogen-bond donors (Lipinski definition) is 2. The number of benzene rings is 2. The molecule has 37 heavy (non-hydrogen) atoms. The van der Waals surface area contributed by atoms with E-state index in [-0.39, 0.29) is 25.0 Å². The van der Waals surface area contributed by atoms with Crippen molar-refractivity contribution in [3.8, 4) is 5.75 Å². The summed E-state index contributed by atoms with van der Waals surface area (Å²) in [5.41, 5.74) is 1.24. The van der Waals surface area contributed by atoms with Crippen molar-refractivity contribution in [3.63, 3.8) is 0 Å². The van der Waals surface area contributed by atoms with Gasteiger partial charge in [0.25, 0.3) is 10.1 Å². The number of methoxy groups -OCH3 is 1. The summed E-state index contributed by atoms with van der Waals surface area (Å²) >= 11 is 1.08. The van der Waals surface area contributed by atoms with Gasteiger partial charge in [-0.25, -0.2) is 4.79 Å². The maximum absolute atomic E-state index is 12.6. The largest absolute Gasteiger partial charge is 0.497 e. The molecule has 1 amide bonds. The van der Waals surface area contributed by atoms with Crippen molar-refractivity contribution in [2.24, 2.45) is 5.41 Å². The Morgan fingerprint density at radius 2 is 1.68 bits per heavy atom. The molecule has 0 spiro atoms. The summed E-state index contributed by atoms with van der Waals surface area (Å²) in [7, 11) is -2.39. The lowest BCUT2D eigenvalue weighted by molar-refractivity contribution is -0.136. The van der Waals surface area contributed by atoms with Gasteiger partial charge in [-0.2, -0.15) is 8.42 Å². The molecule has 0 bridgehead atoms. The van der Waals surface area contributed by atoms with Crippen LogP contribution < -0.4 is 10.1 Å². The van der Waals surface area contributed by atoms with Crippen molar-refractivity contribution in [2.45, 2.75) is 50.8 Å². The highest BCUT2D eigenvalue weighted by atomic mass is 32.2. The minimum Gasteiger partial charge on any atom is -0.497 e. The van der Waals surface area contributed by atoms with Gasteiger partial charge in [0.15, 0.2) is 0 Å². The van der Waals surface area contributed by atoms with Crippen LogP contribution in [-0.4, -0.2) is 56.3 Å². The average Bonchev–Trinajstić information content (AvgIpc) is 2.85. The molecule has 9 nitrogen and oxygen atoms in total. The van der Waals surface area contributed by atoms with E-state index in [9.17, 15) is 23.1 Å². The Balaban J connectivity index is 2.12. The second-order valence-corrected chi connectivity index (χ2v) is 12.5. The number of carboxylic acids is 1. The zero-order valence-electron chi connectivity index (χ0n) is 21.5. The lowest BCUT2D eigenvalue weighted by Gasteiger charge is -2.25. The van der Waals surface area contributed by atoms with Crippen molar-refractivity contribution in [2.75, 3.05) is 19.5 Å². The highest BCUT2D eigenvalue weighted by Crippen LogP contribution is 2.25. The van der Waals surface area contributed by atoms with E-state index in [0.717, 1.165) is 22.9 Å². The van der Waals surface area contributed by atoms with Crippen molar-refractivity contribution in [3.05, 3.63) is 65.7 Å². The number of hydrogen-bond acceptors (Lipinski definition) is 8. The van der Waals surface area contributed by atoms with Gasteiger partial charge in [0.2, 0.25) is 0 Å². The monoisotopic (exact) mass is 553 g/mol. The van der Waals surface area contributed by atoms with E-state index in [4.69, 9.17) is 13.7 Å². The normalized spacial score (nSPS) is 13.4. The number of alkyl carbamates (subject to hydrolysis) is 1. The Morgan fingerprint density at radius 1 is 1.03 bits per heavy atom. The van der Waals surface area contributed by atoms with E-state index in [0.29, 0.717) is 11.5 Å². The molecule has 11 heteroatoms. The molecule has 0 unspecified atom stereocenters. The molecule has 0 aliphatic rings. The average molecular weight is 554 g/mol. The molecule has 2 N–H and O–H groups in total. The Hall–Kier alpha value is -2.76. The van der Waals surface area contributed by atoms with Gasteiger partial charge in [-0.1, -0.05) is 63.2 Å². The first-order valence-corrected chi connectivity index (χ1v) is 14.3. The quantitative estimate of drug-likeness (QED) is 0.326. The Kier molecular flexibility index (Phi) is 11.7. The van der Waals surface area contributed by atoms with Gasteiger partial charge in [-0.3, -0.25) is 8.98 Å². The van der Waals surface area contributed by atoms with Crippen LogP contribution in [0.3, 0.4) is 0 Å². The van der Waals surface area contributed by atoms with Gasteiger partial charge in [0, 0.05) is 5.75 Å². The highest BCUT2D eigenvalue weighted by molar-refractivity contribution is 7.99. The van der Waals surface area contributed by atoms with Crippen LogP contribution in [0.4, 0.5) is 4.79 Å². The summed E-state index contributed by atoms with van der Waals surface area (Å²) in [4.78, 5) is 24.7. The zero-order valence-corrected chi connectivity index (χ0v) is 23.1. The number of thioether (sulfide) groups is 1. The molecular formula is C26H35NO8S2. The molecular weight excluding hydrogens is 518 g/mol. The second-order valence-electron chi connectivity index (χ2n) is 9.60. The van der Waals surface area contributed by atoms with Crippen LogP contribution in [-0.2, 0) is 36.2 Å². The lowest BCUT2D eigenvalue weighted by atomic mass is 9.99. The minimum absolute atomic E-state index is 0.0108. The number of carboxylic acid groups (broad SMARTS) is 1. The number of aliphatic carboxylic acids is 1. The van der Waals surface area contributed by atoms with Crippen LogP contribution in [0.25, 0.3) is 0 Å². The molecule has 2 aromatic rings. The fourth-order valence-electron chi connectivity index (χ4n) is 3.08. The number of nitrogens with one attached hydrogen (secondary N) is 1. The van der Waals surface area contributed by atoms with Gasteiger partial charge in [0.05, 0.1) is 25.5 Å². The Labute approximate surface area is 223 Å². The van der Waals surface area contributed by atoms with E-state index in [1.165, 1.54) is 0 Å². The maximum Gasteiger partial charge on any atom is 0.407 e. The van der Waals surface area contributed by atoms with E-state index in [1.54, 1.807) is 43.5 Å². The molecule has 2 aromatic carbocycles. The van der Waals surface area contributed by atoms with Crippen molar-refractivity contribution in [1.29, 1.82) is 0 Å². The molecule has 0 saturated carbocycles. The summed E-state index contributed by atoms with van der Waals surface area (Å²) in [6.45, 7) is 5.49. The van der Waals surface area contributed by atoms with E-state index >= 15 is 0 Å². The first-order valence-electron chi connectivity index (χ1n) is 11.7. The summed E-state index contributed by atoms with van der Waals surface area (Å²) in [5, 5.41) is 11.4. The van der Waals surface area contributed by atoms with Crippen molar-refractivity contribution >= 4 is 33.9 Å². The van der Waals surface area contributed by atoms with E-state index in [1.807, 2.05) is 39.0 Å². The summed E-state index contributed by atoms with van der Waals surface area (Å²) in [6.07, 6.45) is -1.00. The molecule has 0 fully saturated rings. The third kappa shape index (κ3) is 11.9. The molecule has 0 aliphatic heterocycles. The van der Waals surface area contributed by atoms with Crippen LogP contribution in [0, 0.1) is 5.41 Å². The summed E-state index contributed by atoms with van der Waals surface area (Å²) in [5.74, 6) is -0.644. The van der Waals surface area contributed by atoms with Crippen molar-refractivity contribution < 1.29 is 36.8 Å². The van der Waals surface area contributed by atoms with Crippen LogP contribution in [0.5, 0.6) is 5.75 Å². The molecule has 0 heterocycles. The Bertz CT molecular complexity index is 1100. The predicted octanol–water partition coefficient (Wildman–Crippen LogP) is 4.46. The third-order valence-corrected chi connectivity index (χ3v) is 7.67. The molecule has 2 rings (SSSR count). The van der Waals surface area contributed by atoms with Gasteiger partial charge >= 0.3 is 12.1 Å².